The van der Waals surface area contributed by atoms with Gasteiger partial charge in [0.05, 0.1) is 0 Å². The number of carboxylic acids is 1. The maximum Gasteiger partial charge on any atom is 0.354 e. The zero-order valence-electron chi connectivity index (χ0n) is 7.35. The SMILES string of the molecule is O=C(O)c1cc(=O)n2ccc(Cl)cc2n1. The maximum absolute atomic E-state index is 11.4. The summed E-state index contributed by atoms with van der Waals surface area (Å²) in [7, 11) is 0. The van der Waals surface area contributed by atoms with E-state index in [1.165, 1.54) is 22.7 Å². The Balaban J connectivity index is 2.85. The van der Waals surface area contributed by atoms with Crippen molar-refractivity contribution in [1.29, 1.82) is 0 Å². The second-order valence-corrected chi connectivity index (χ2v) is 3.29. The number of aromatic carboxylic acids is 1. The number of halogens is 1. The van der Waals surface area contributed by atoms with Crippen molar-refractivity contribution in [2.45, 2.75) is 0 Å². The Morgan fingerprint density at radius 3 is 2.87 bits per heavy atom. The molecule has 0 bridgehead atoms. The molecule has 0 aromatic carbocycles. The largest absolute Gasteiger partial charge is 0.477 e. The number of hydrogen-bond acceptors (Lipinski definition) is 3. The van der Waals surface area contributed by atoms with Gasteiger partial charge >= 0.3 is 5.97 Å². The average Bonchev–Trinajstić information content (AvgIpc) is 2.16. The Hall–Kier alpha value is -1.88. The molecule has 6 heteroatoms. The van der Waals surface area contributed by atoms with Crippen LogP contribution in [-0.2, 0) is 0 Å². The van der Waals surface area contributed by atoms with Crippen LogP contribution in [0.25, 0.3) is 5.65 Å². The van der Waals surface area contributed by atoms with Crippen molar-refractivity contribution in [3.05, 3.63) is 45.5 Å². The zero-order chi connectivity index (χ0) is 11.0. The Morgan fingerprint density at radius 2 is 2.20 bits per heavy atom. The van der Waals surface area contributed by atoms with E-state index >= 15 is 0 Å². The number of carboxylic acid groups (broad SMARTS) is 1. The van der Waals surface area contributed by atoms with Gasteiger partial charge in [0.15, 0.2) is 5.69 Å². The van der Waals surface area contributed by atoms with Crippen LogP contribution in [-0.4, -0.2) is 20.5 Å². The number of carbonyl (C=O) groups is 1. The predicted octanol–water partition coefficient (Wildman–Crippen LogP) is 1.05. The molecule has 2 aromatic rings. The molecule has 0 aliphatic carbocycles. The minimum Gasteiger partial charge on any atom is -0.477 e. The van der Waals surface area contributed by atoms with Crippen LogP contribution in [0.4, 0.5) is 0 Å². The van der Waals surface area contributed by atoms with Gasteiger partial charge < -0.3 is 5.11 Å². The molecular formula is C9H5ClN2O3. The summed E-state index contributed by atoms with van der Waals surface area (Å²) in [4.78, 5) is 25.8. The van der Waals surface area contributed by atoms with Crippen molar-refractivity contribution in [2.75, 3.05) is 0 Å². The third kappa shape index (κ3) is 1.69. The highest BCUT2D eigenvalue weighted by atomic mass is 35.5. The molecule has 2 rings (SSSR count). The van der Waals surface area contributed by atoms with Crippen molar-refractivity contribution >= 4 is 23.2 Å². The minimum atomic E-state index is -1.24. The first-order valence-electron chi connectivity index (χ1n) is 4.00. The number of hydrogen-bond donors (Lipinski definition) is 1. The van der Waals surface area contributed by atoms with Crippen LogP contribution in [0, 0.1) is 0 Å². The van der Waals surface area contributed by atoms with Crippen LogP contribution in [0.15, 0.2) is 29.2 Å². The fourth-order valence-electron chi connectivity index (χ4n) is 1.19. The van der Waals surface area contributed by atoms with Crippen LogP contribution >= 0.6 is 11.6 Å². The van der Waals surface area contributed by atoms with Crippen LogP contribution in [0.3, 0.4) is 0 Å². The van der Waals surface area contributed by atoms with Crippen molar-refractivity contribution in [1.82, 2.24) is 9.38 Å². The van der Waals surface area contributed by atoms with E-state index < -0.39 is 11.5 Å². The highest BCUT2D eigenvalue weighted by Gasteiger charge is 2.08. The molecule has 0 saturated carbocycles. The van der Waals surface area contributed by atoms with Gasteiger partial charge in [-0.15, -0.1) is 0 Å². The minimum absolute atomic E-state index is 0.215. The fraction of sp³-hybridized carbons (Fsp3) is 0. The molecule has 0 fully saturated rings. The third-order valence-corrected chi connectivity index (χ3v) is 2.08. The summed E-state index contributed by atoms with van der Waals surface area (Å²) in [6.45, 7) is 0. The van der Waals surface area contributed by atoms with E-state index in [4.69, 9.17) is 16.7 Å². The number of rotatable bonds is 1. The van der Waals surface area contributed by atoms with Gasteiger partial charge in [-0.05, 0) is 6.07 Å². The van der Waals surface area contributed by atoms with Crippen LogP contribution in [0.2, 0.25) is 5.02 Å². The molecule has 0 amide bonds. The topological polar surface area (TPSA) is 71.7 Å². The lowest BCUT2D eigenvalue weighted by Crippen LogP contribution is -2.17. The monoisotopic (exact) mass is 224 g/mol. The molecule has 0 aliphatic heterocycles. The molecule has 2 heterocycles. The summed E-state index contributed by atoms with van der Waals surface area (Å²) >= 11 is 5.70. The lowest BCUT2D eigenvalue weighted by Gasteiger charge is -2.00. The molecule has 0 unspecified atom stereocenters. The smallest absolute Gasteiger partial charge is 0.354 e. The van der Waals surface area contributed by atoms with E-state index in [0.717, 1.165) is 6.07 Å². The van der Waals surface area contributed by atoms with Gasteiger partial charge in [0, 0.05) is 23.4 Å². The van der Waals surface area contributed by atoms with E-state index in [-0.39, 0.29) is 11.3 Å². The predicted molar refractivity (Wildman–Crippen MR) is 53.4 cm³/mol. The maximum atomic E-state index is 11.4. The normalized spacial score (nSPS) is 10.5. The fourth-order valence-corrected chi connectivity index (χ4v) is 1.34. The molecular weight excluding hydrogens is 220 g/mol. The quantitative estimate of drug-likeness (QED) is 0.786. The third-order valence-electron chi connectivity index (χ3n) is 1.85. The molecule has 0 saturated heterocycles. The lowest BCUT2D eigenvalue weighted by molar-refractivity contribution is 0.0690. The highest BCUT2D eigenvalue weighted by molar-refractivity contribution is 6.30. The summed E-state index contributed by atoms with van der Waals surface area (Å²) in [6.07, 6.45) is 1.44. The van der Waals surface area contributed by atoms with E-state index in [0.29, 0.717) is 5.02 Å². The van der Waals surface area contributed by atoms with Crippen LogP contribution in [0.1, 0.15) is 10.5 Å². The van der Waals surface area contributed by atoms with Crippen molar-refractivity contribution < 1.29 is 9.90 Å². The molecule has 0 radical (unpaired) electrons. The van der Waals surface area contributed by atoms with Gasteiger partial charge in [0.1, 0.15) is 5.65 Å². The summed E-state index contributed by atoms with van der Waals surface area (Å²) in [6, 6.07) is 3.91. The first kappa shape index (κ1) is 9.67. The molecule has 0 spiro atoms. The van der Waals surface area contributed by atoms with Crippen molar-refractivity contribution in [3.8, 4) is 0 Å². The van der Waals surface area contributed by atoms with Crippen LogP contribution < -0.4 is 5.56 Å². The summed E-state index contributed by atoms with van der Waals surface area (Å²) in [5, 5.41) is 9.09. The number of fused-ring (bicyclic) bond motifs is 1. The van der Waals surface area contributed by atoms with Gasteiger partial charge in [-0.1, -0.05) is 11.6 Å². The Kier molecular flexibility index (Phi) is 2.17. The molecule has 76 valence electrons. The van der Waals surface area contributed by atoms with E-state index in [2.05, 4.69) is 4.98 Å². The van der Waals surface area contributed by atoms with Crippen molar-refractivity contribution in [3.63, 3.8) is 0 Å². The van der Waals surface area contributed by atoms with E-state index in [1.807, 2.05) is 0 Å². The molecule has 15 heavy (non-hydrogen) atoms. The highest BCUT2D eigenvalue weighted by Crippen LogP contribution is 2.09. The Labute approximate surface area is 88.6 Å². The zero-order valence-corrected chi connectivity index (χ0v) is 8.10. The van der Waals surface area contributed by atoms with Crippen LogP contribution in [0.5, 0.6) is 0 Å². The van der Waals surface area contributed by atoms with Crippen molar-refractivity contribution in [2.24, 2.45) is 0 Å². The summed E-state index contributed by atoms with van der Waals surface area (Å²) in [5.41, 5.74) is -0.524. The second-order valence-electron chi connectivity index (χ2n) is 2.86. The van der Waals surface area contributed by atoms with E-state index in [9.17, 15) is 9.59 Å². The molecule has 1 N–H and O–H groups in total. The standard InChI is InChI=1S/C9H5ClN2O3/c10-5-1-2-12-7(3-5)11-6(9(14)15)4-8(12)13/h1-4H,(H,14,15). The Morgan fingerprint density at radius 1 is 1.47 bits per heavy atom. The van der Waals surface area contributed by atoms with E-state index in [1.54, 1.807) is 0 Å². The molecule has 2 aromatic heterocycles. The van der Waals surface area contributed by atoms with Gasteiger partial charge in [-0.3, -0.25) is 9.20 Å². The molecule has 5 nitrogen and oxygen atoms in total. The first-order chi connectivity index (χ1) is 7.08. The molecule has 0 aliphatic rings. The van der Waals surface area contributed by atoms with Gasteiger partial charge in [-0.2, -0.15) is 0 Å². The number of pyridine rings is 1. The van der Waals surface area contributed by atoms with Gasteiger partial charge in [0.25, 0.3) is 5.56 Å². The summed E-state index contributed by atoms with van der Waals surface area (Å²) in [5.74, 6) is -1.24. The number of nitrogens with zero attached hydrogens (tertiary/aromatic N) is 2. The average molecular weight is 225 g/mol. The van der Waals surface area contributed by atoms with Gasteiger partial charge in [-0.25, -0.2) is 9.78 Å². The van der Waals surface area contributed by atoms with Gasteiger partial charge in [0.2, 0.25) is 0 Å². The second kappa shape index (κ2) is 3.36. The molecule has 0 atom stereocenters. The summed E-state index contributed by atoms with van der Waals surface area (Å²) < 4.78 is 1.22. The Bertz CT molecular complexity index is 606. The number of aromatic nitrogens is 2. The lowest BCUT2D eigenvalue weighted by atomic mass is 10.4. The first-order valence-corrected chi connectivity index (χ1v) is 4.38.